The zero-order chi connectivity index (χ0) is 21.6. The smallest absolute Gasteiger partial charge is 0.257 e. The third-order valence-corrected chi connectivity index (χ3v) is 5.36. The number of carbonyl (C=O) groups excluding carboxylic acids is 2. The molecule has 0 atom stereocenters. The summed E-state index contributed by atoms with van der Waals surface area (Å²) in [5.41, 5.74) is 1.40. The molecule has 0 aliphatic carbocycles. The van der Waals surface area contributed by atoms with Crippen LogP contribution in [-0.2, 0) is 4.79 Å². The number of nitrogens with one attached hydrogen (secondary N) is 2. The predicted molar refractivity (Wildman–Crippen MR) is 118 cm³/mol. The van der Waals surface area contributed by atoms with Gasteiger partial charge in [-0.3, -0.25) is 9.59 Å². The van der Waals surface area contributed by atoms with Crippen molar-refractivity contribution in [2.45, 2.75) is 12.8 Å². The number of nitrogens with zero attached hydrogens (tertiary/aromatic N) is 2. The lowest BCUT2D eigenvalue weighted by Crippen LogP contribution is -2.41. The van der Waals surface area contributed by atoms with Crippen molar-refractivity contribution in [3.05, 3.63) is 84.3 Å². The Morgan fingerprint density at radius 3 is 2.39 bits per heavy atom. The molecule has 1 aliphatic heterocycles. The van der Waals surface area contributed by atoms with E-state index in [2.05, 4.69) is 15.6 Å². The van der Waals surface area contributed by atoms with Crippen molar-refractivity contribution in [2.24, 2.45) is 5.92 Å². The second-order valence-electron chi connectivity index (χ2n) is 7.43. The molecule has 6 nitrogen and oxygen atoms in total. The third kappa shape index (κ3) is 4.88. The van der Waals surface area contributed by atoms with Crippen LogP contribution in [0.3, 0.4) is 0 Å². The van der Waals surface area contributed by atoms with Gasteiger partial charge in [-0.2, -0.15) is 0 Å². The van der Waals surface area contributed by atoms with Gasteiger partial charge in [-0.25, -0.2) is 9.37 Å². The zero-order valence-corrected chi connectivity index (χ0v) is 16.9. The van der Waals surface area contributed by atoms with Crippen LogP contribution >= 0.6 is 0 Å². The molecule has 1 aromatic heterocycles. The number of piperidine rings is 1. The second-order valence-corrected chi connectivity index (χ2v) is 7.43. The Bertz CT molecular complexity index is 1070. The largest absolute Gasteiger partial charge is 0.338 e. The summed E-state index contributed by atoms with van der Waals surface area (Å²) in [5.74, 6) is -0.469. The van der Waals surface area contributed by atoms with Crippen LogP contribution in [0.15, 0.2) is 72.9 Å². The van der Waals surface area contributed by atoms with Gasteiger partial charge in [0.1, 0.15) is 11.6 Å². The van der Waals surface area contributed by atoms with E-state index in [1.54, 1.807) is 41.4 Å². The van der Waals surface area contributed by atoms with E-state index in [-0.39, 0.29) is 23.4 Å². The highest BCUT2D eigenvalue weighted by Gasteiger charge is 2.29. The van der Waals surface area contributed by atoms with Gasteiger partial charge in [0, 0.05) is 30.9 Å². The minimum Gasteiger partial charge on any atom is -0.338 e. The summed E-state index contributed by atoms with van der Waals surface area (Å²) in [7, 11) is 0. The highest BCUT2D eigenvalue weighted by molar-refractivity contribution is 5.99. The molecule has 2 N–H and O–H groups in total. The number of pyridine rings is 1. The van der Waals surface area contributed by atoms with E-state index < -0.39 is 5.82 Å². The molecule has 0 spiro atoms. The summed E-state index contributed by atoms with van der Waals surface area (Å²) >= 11 is 0. The average molecular weight is 418 g/mol. The molecule has 0 radical (unpaired) electrons. The minimum atomic E-state index is -0.420. The van der Waals surface area contributed by atoms with Gasteiger partial charge in [-0.1, -0.05) is 30.3 Å². The van der Waals surface area contributed by atoms with E-state index in [1.165, 1.54) is 6.07 Å². The number of para-hydroxylation sites is 2. The molecule has 2 heterocycles. The maximum absolute atomic E-state index is 14.0. The van der Waals surface area contributed by atoms with Crippen molar-refractivity contribution in [3.8, 4) is 0 Å². The van der Waals surface area contributed by atoms with E-state index in [1.807, 2.05) is 30.3 Å². The standard InChI is InChI=1S/C24H23FN4O2/c25-20-10-4-5-11-21(20)28-22-19(9-6-14-26-22)24(31)29-15-12-17(13-16-29)23(30)27-18-7-2-1-3-8-18/h1-11,14,17H,12-13,15-16H2,(H,26,28)(H,27,30). The number of halogens is 1. The number of aromatic nitrogens is 1. The lowest BCUT2D eigenvalue weighted by Gasteiger charge is -2.31. The quantitative estimate of drug-likeness (QED) is 0.642. The minimum absolute atomic E-state index is 0.0263. The fraction of sp³-hybridized carbons (Fsp3) is 0.208. The molecule has 1 aliphatic rings. The molecule has 0 bridgehead atoms. The van der Waals surface area contributed by atoms with Gasteiger partial charge in [0.2, 0.25) is 5.91 Å². The van der Waals surface area contributed by atoms with Gasteiger partial charge < -0.3 is 15.5 Å². The summed E-state index contributed by atoms with van der Waals surface area (Å²) in [5, 5.41) is 5.85. The number of hydrogen-bond acceptors (Lipinski definition) is 4. The highest BCUT2D eigenvalue weighted by Crippen LogP contribution is 2.25. The van der Waals surface area contributed by atoms with Crippen LogP contribution in [0.5, 0.6) is 0 Å². The SMILES string of the molecule is O=C(Nc1ccccc1)C1CCN(C(=O)c2cccnc2Nc2ccccc2F)CC1. The van der Waals surface area contributed by atoms with Crippen LogP contribution < -0.4 is 10.6 Å². The Balaban J connectivity index is 1.40. The van der Waals surface area contributed by atoms with Gasteiger partial charge in [0.25, 0.3) is 5.91 Å². The fourth-order valence-corrected chi connectivity index (χ4v) is 3.65. The van der Waals surface area contributed by atoms with Crippen molar-refractivity contribution < 1.29 is 14.0 Å². The molecule has 1 saturated heterocycles. The van der Waals surface area contributed by atoms with Gasteiger partial charge in [-0.15, -0.1) is 0 Å². The lowest BCUT2D eigenvalue weighted by molar-refractivity contribution is -0.121. The highest BCUT2D eigenvalue weighted by atomic mass is 19.1. The summed E-state index contributed by atoms with van der Waals surface area (Å²) < 4.78 is 14.0. The molecular formula is C24H23FN4O2. The van der Waals surface area contributed by atoms with Crippen LogP contribution in [0.1, 0.15) is 23.2 Å². The molecule has 158 valence electrons. The van der Waals surface area contributed by atoms with Crippen LogP contribution in [0.2, 0.25) is 0 Å². The Labute approximate surface area is 180 Å². The van der Waals surface area contributed by atoms with E-state index in [4.69, 9.17) is 0 Å². The molecule has 0 unspecified atom stereocenters. The first-order valence-electron chi connectivity index (χ1n) is 10.2. The summed E-state index contributed by atoms with van der Waals surface area (Å²) in [6, 6.07) is 18.9. The Morgan fingerprint density at radius 2 is 1.65 bits per heavy atom. The molecule has 4 rings (SSSR count). The first-order chi connectivity index (χ1) is 15.1. The number of hydrogen-bond donors (Lipinski definition) is 2. The van der Waals surface area contributed by atoms with Crippen molar-refractivity contribution >= 4 is 29.0 Å². The summed E-state index contributed by atoms with van der Waals surface area (Å²) in [6.45, 7) is 0.944. The number of amides is 2. The Kier molecular flexibility index (Phi) is 6.21. The molecule has 2 aromatic carbocycles. The van der Waals surface area contributed by atoms with Crippen molar-refractivity contribution in [2.75, 3.05) is 23.7 Å². The van der Waals surface area contributed by atoms with Crippen LogP contribution in [-0.4, -0.2) is 34.8 Å². The van der Waals surface area contributed by atoms with E-state index in [0.717, 1.165) is 5.69 Å². The van der Waals surface area contributed by atoms with Crippen molar-refractivity contribution in [1.82, 2.24) is 9.88 Å². The summed E-state index contributed by atoms with van der Waals surface area (Å²) in [6.07, 6.45) is 2.72. The van der Waals surface area contributed by atoms with Crippen LogP contribution in [0, 0.1) is 11.7 Å². The van der Waals surface area contributed by atoms with Crippen molar-refractivity contribution in [3.63, 3.8) is 0 Å². The molecule has 31 heavy (non-hydrogen) atoms. The van der Waals surface area contributed by atoms with Gasteiger partial charge in [0.05, 0.1) is 11.3 Å². The number of likely N-dealkylation sites (tertiary alicyclic amines) is 1. The fourth-order valence-electron chi connectivity index (χ4n) is 3.65. The van der Waals surface area contributed by atoms with Crippen molar-refractivity contribution in [1.29, 1.82) is 0 Å². The molecule has 0 saturated carbocycles. The monoisotopic (exact) mass is 418 g/mol. The maximum Gasteiger partial charge on any atom is 0.257 e. The molecule has 2 amide bonds. The zero-order valence-electron chi connectivity index (χ0n) is 16.9. The molecular weight excluding hydrogens is 395 g/mol. The predicted octanol–water partition coefficient (Wildman–Crippen LogP) is 4.46. The number of benzene rings is 2. The van der Waals surface area contributed by atoms with E-state index >= 15 is 0 Å². The maximum atomic E-state index is 14.0. The number of rotatable bonds is 5. The van der Waals surface area contributed by atoms with Crippen LogP contribution in [0.4, 0.5) is 21.6 Å². The topological polar surface area (TPSA) is 74.3 Å². The van der Waals surface area contributed by atoms with Gasteiger partial charge >= 0.3 is 0 Å². The average Bonchev–Trinajstić information content (AvgIpc) is 2.81. The van der Waals surface area contributed by atoms with E-state index in [9.17, 15) is 14.0 Å². The number of carbonyl (C=O) groups is 2. The van der Waals surface area contributed by atoms with Gasteiger partial charge in [0.15, 0.2) is 0 Å². The number of anilines is 3. The first kappa shape index (κ1) is 20.5. The molecule has 1 fully saturated rings. The molecule has 7 heteroatoms. The van der Waals surface area contributed by atoms with E-state index in [0.29, 0.717) is 37.3 Å². The summed E-state index contributed by atoms with van der Waals surface area (Å²) in [4.78, 5) is 31.6. The molecule has 3 aromatic rings. The first-order valence-corrected chi connectivity index (χ1v) is 10.2. The van der Waals surface area contributed by atoms with Crippen LogP contribution in [0.25, 0.3) is 0 Å². The Morgan fingerprint density at radius 1 is 0.935 bits per heavy atom. The third-order valence-electron chi connectivity index (χ3n) is 5.36. The lowest BCUT2D eigenvalue weighted by atomic mass is 9.95. The Hall–Kier alpha value is -3.74. The van der Waals surface area contributed by atoms with Gasteiger partial charge in [-0.05, 0) is 49.2 Å². The normalized spacial score (nSPS) is 14.2. The second kappa shape index (κ2) is 9.38.